The molecule has 0 saturated carbocycles. The topological polar surface area (TPSA) is 32.3 Å². The van der Waals surface area contributed by atoms with Gasteiger partial charge >= 0.3 is 0 Å². The van der Waals surface area contributed by atoms with Crippen LogP contribution in [0.4, 0.5) is 0 Å². The van der Waals surface area contributed by atoms with Crippen molar-refractivity contribution in [2.45, 2.75) is 58.5 Å². The van der Waals surface area contributed by atoms with Crippen molar-refractivity contribution in [1.29, 1.82) is 0 Å². The standard InChI is InChI=1S/C25H33ClN2O/c1-18(19-9-11-22(12-10-19)25(2,3)4)27-24(29)20-13-15-28(16-14-20)17-21-7-5-6-8-23(21)26/h5-12,18,20H,13-17H2,1-4H3,(H,27,29)/t18-/m0/s1. The lowest BCUT2D eigenvalue weighted by Crippen LogP contribution is -2.40. The van der Waals surface area contributed by atoms with E-state index in [2.05, 4.69) is 68.2 Å². The summed E-state index contributed by atoms with van der Waals surface area (Å²) in [6.45, 7) is 11.4. The summed E-state index contributed by atoms with van der Waals surface area (Å²) in [5, 5.41) is 4.04. The van der Waals surface area contributed by atoms with Gasteiger partial charge < -0.3 is 5.32 Å². The highest BCUT2D eigenvalue weighted by atomic mass is 35.5. The van der Waals surface area contributed by atoms with Crippen LogP contribution in [-0.2, 0) is 16.8 Å². The maximum Gasteiger partial charge on any atom is 0.223 e. The fraction of sp³-hybridized carbons (Fsp3) is 0.480. The minimum absolute atomic E-state index is 0.0256. The number of rotatable bonds is 5. The summed E-state index contributed by atoms with van der Waals surface area (Å²) in [7, 11) is 0. The molecule has 0 unspecified atom stereocenters. The van der Waals surface area contributed by atoms with E-state index in [4.69, 9.17) is 11.6 Å². The first-order chi connectivity index (χ1) is 13.7. The molecule has 1 saturated heterocycles. The number of hydrogen-bond donors (Lipinski definition) is 1. The summed E-state index contributed by atoms with van der Waals surface area (Å²) < 4.78 is 0. The fourth-order valence-electron chi connectivity index (χ4n) is 3.91. The van der Waals surface area contributed by atoms with E-state index in [1.165, 1.54) is 5.56 Å². The molecule has 0 spiro atoms. The van der Waals surface area contributed by atoms with Crippen LogP contribution in [0.5, 0.6) is 0 Å². The Morgan fingerprint density at radius 1 is 1.10 bits per heavy atom. The average molecular weight is 413 g/mol. The minimum Gasteiger partial charge on any atom is -0.349 e. The molecule has 0 aromatic heterocycles. The third-order valence-electron chi connectivity index (χ3n) is 5.95. The Morgan fingerprint density at radius 3 is 2.31 bits per heavy atom. The molecule has 4 heteroatoms. The predicted molar refractivity (Wildman–Crippen MR) is 121 cm³/mol. The van der Waals surface area contributed by atoms with Gasteiger partial charge in [0.1, 0.15) is 0 Å². The van der Waals surface area contributed by atoms with Crippen LogP contribution >= 0.6 is 11.6 Å². The van der Waals surface area contributed by atoms with Gasteiger partial charge in [-0.05, 0) is 61.0 Å². The first-order valence-electron chi connectivity index (χ1n) is 10.6. The van der Waals surface area contributed by atoms with Crippen molar-refractivity contribution in [3.05, 3.63) is 70.2 Å². The second kappa shape index (κ2) is 9.32. The zero-order chi connectivity index (χ0) is 21.0. The average Bonchev–Trinajstić information content (AvgIpc) is 2.69. The van der Waals surface area contributed by atoms with E-state index in [0.29, 0.717) is 0 Å². The minimum atomic E-state index is 0.0256. The zero-order valence-electron chi connectivity index (χ0n) is 18.0. The molecule has 1 amide bonds. The van der Waals surface area contributed by atoms with Crippen LogP contribution in [0, 0.1) is 5.92 Å². The van der Waals surface area contributed by atoms with E-state index >= 15 is 0 Å². The van der Waals surface area contributed by atoms with Crippen molar-refractivity contribution in [1.82, 2.24) is 10.2 Å². The van der Waals surface area contributed by atoms with Crippen LogP contribution in [0.1, 0.15) is 63.3 Å². The number of hydrogen-bond acceptors (Lipinski definition) is 2. The van der Waals surface area contributed by atoms with Gasteiger partial charge in [0, 0.05) is 17.5 Å². The van der Waals surface area contributed by atoms with Crippen molar-refractivity contribution in [2.75, 3.05) is 13.1 Å². The van der Waals surface area contributed by atoms with E-state index in [-0.39, 0.29) is 23.3 Å². The number of likely N-dealkylation sites (tertiary alicyclic amines) is 1. The molecule has 1 heterocycles. The first kappa shape index (κ1) is 21.9. The lowest BCUT2D eigenvalue weighted by molar-refractivity contribution is -0.127. The molecule has 1 fully saturated rings. The van der Waals surface area contributed by atoms with E-state index in [9.17, 15) is 4.79 Å². The van der Waals surface area contributed by atoms with Crippen LogP contribution in [-0.4, -0.2) is 23.9 Å². The molecule has 0 aliphatic carbocycles. The van der Waals surface area contributed by atoms with Gasteiger partial charge in [-0.3, -0.25) is 9.69 Å². The monoisotopic (exact) mass is 412 g/mol. The molecule has 2 aromatic carbocycles. The highest BCUT2D eigenvalue weighted by Gasteiger charge is 2.26. The van der Waals surface area contributed by atoms with Crippen LogP contribution in [0.2, 0.25) is 5.02 Å². The highest BCUT2D eigenvalue weighted by Crippen LogP contribution is 2.25. The van der Waals surface area contributed by atoms with E-state index in [1.807, 2.05) is 18.2 Å². The van der Waals surface area contributed by atoms with E-state index < -0.39 is 0 Å². The zero-order valence-corrected chi connectivity index (χ0v) is 18.8. The molecule has 1 aliphatic heterocycles. The van der Waals surface area contributed by atoms with Crippen LogP contribution in [0.3, 0.4) is 0 Å². The Labute approximate surface area is 180 Å². The molecule has 1 aliphatic rings. The Bertz CT molecular complexity index is 817. The van der Waals surface area contributed by atoms with Crippen molar-refractivity contribution >= 4 is 17.5 Å². The van der Waals surface area contributed by atoms with E-state index in [0.717, 1.165) is 48.6 Å². The molecule has 1 N–H and O–H groups in total. The summed E-state index contributed by atoms with van der Waals surface area (Å²) in [6, 6.07) is 16.6. The number of carbonyl (C=O) groups excluding carboxylic acids is 1. The molecular formula is C25H33ClN2O. The molecule has 1 atom stereocenters. The number of amides is 1. The van der Waals surface area contributed by atoms with Crippen LogP contribution in [0.25, 0.3) is 0 Å². The predicted octanol–water partition coefficient (Wildman–Crippen LogP) is 5.73. The lowest BCUT2D eigenvalue weighted by atomic mass is 9.86. The van der Waals surface area contributed by atoms with Crippen molar-refractivity contribution in [2.24, 2.45) is 5.92 Å². The van der Waals surface area contributed by atoms with Gasteiger partial charge in [0.25, 0.3) is 0 Å². The summed E-state index contributed by atoms with van der Waals surface area (Å²) in [5.74, 6) is 0.267. The fourth-order valence-corrected chi connectivity index (χ4v) is 4.10. The lowest BCUT2D eigenvalue weighted by Gasteiger charge is -2.32. The van der Waals surface area contributed by atoms with Crippen molar-refractivity contribution in [3.8, 4) is 0 Å². The van der Waals surface area contributed by atoms with Gasteiger partial charge in [-0.25, -0.2) is 0 Å². The molecule has 2 aromatic rings. The Balaban J connectivity index is 1.50. The maximum absolute atomic E-state index is 12.8. The Kier molecular flexibility index (Phi) is 7.02. The third-order valence-corrected chi connectivity index (χ3v) is 6.31. The first-order valence-corrected chi connectivity index (χ1v) is 11.0. The van der Waals surface area contributed by atoms with Crippen molar-refractivity contribution < 1.29 is 4.79 Å². The SMILES string of the molecule is C[C@H](NC(=O)C1CCN(Cc2ccccc2Cl)CC1)c1ccc(C(C)(C)C)cc1. The second-order valence-corrected chi connectivity index (χ2v) is 9.65. The number of nitrogens with one attached hydrogen (secondary N) is 1. The van der Waals surface area contributed by atoms with Gasteiger partial charge in [-0.1, -0.05) is 74.8 Å². The number of nitrogens with zero attached hydrogens (tertiary/aromatic N) is 1. The van der Waals surface area contributed by atoms with E-state index in [1.54, 1.807) is 0 Å². The summed E-state index contributed by atoms with van der Waals surface area (Å²) in [6.07, 6.45) is 1.79. The molecule has 0 radical (unpaired) electrons. The molecular weight excluding hydrogens is 380 g/mol. The number of piperidine rings is 1. The molecule has 29 heavy (non-hydrogen) atoms. The Morgan fingerprint density at radius 2 is 1.72 bits per heavy atom. The molecule has 3 nitrogen and oxygen atoms in total. The van der Waals surface area contributed by atoms with Gasteiger partial charge in [0.15, 0.2) is 0 Å². The molecule has 3 rings (SSSR count). The van der Waals surface area contributed by atoms with Crippen LogP contribution in [0.15, 0.2) is 48.5 Å². The molecule has 0 bridgehead atoms. The maximum atomic E-state index is 12.8. The van der Waals surface area contributed by atoms with Gasteiger partial charge in [-0.2, -0.15) is 0 Å². The van der Waals surface area contributed by atoms with Gasteiger partial charge in [0.05, 0.1) is 6.04 Å². The van der Waals surface area contributed by atoms with Gasteiger partial charge in [-0.15, -0.1) is 0 Å². The van der Waals surface area contributed by atoms with Gasteiger partial charge in [0.2, 0.25) is 5.91 Å². The molecule has 156 valence electrons. The third kappa shape index (κ3) is 5.83. The summed E-state index contributed by atoms with van der Waals surface area (Å²) in [5.41, 5.74) is 3.76. The number of benzene rings is 2. The summed E-state index contributed by atoms with van der Waals surface area (Å²) in [4.78, 5) is 15.2. The highest BCUT2D eigenvalue weighted by molar-refractivity contribution is 6.31. The Hall–Kier alpha value is -1.84. The van der Waals surface area contributed by atoms with Crippen LogP contribution < -0.4 is 5.32 Å². The smallest absolute Gasteiger partial charge is 0.223 e. The normalized spacial score (nSPS) is 17.1. The second-order valence-electron chi connectivity index (χ2n) is 9.24. The summed E-state index contributed by atoms with van der Waals surface area (Å²) >= 11 is 6.28. The largest absolute Gasteiger partial charge is 0.349 e. The van der Waals surface area contributed by atoms with Crippen molar-refractivity contribution in [3.63, 3.8) is 0 Å². The number of carbonyl (C=O) groups is 1. The number of halogens is 1. The quantitative estimate of drug-likeness (QED) is 0.680.